The second kappa shape index (κ2) is 73.5. The Morgan fingerprint density at radius 2 is 0.540 bits per heavy atom. The number of allylic oxidation sites excluding steroid dienone is 14. The lowest BCUT2D eigenvalue weighted by molar-refractivity contribution is -0.161. The molecule has 0 radical (unpaired) electrons. The van der Waals surface area contributed by atoms with Gasteiger partial charge in [-0.15, -0.1) is 0 Å². The van der Waals surface area contributed by atoms with Crippen LogP contribution in [0.4, 0.5) is 0 Å². The highest BCUT2D eigenvalue weighted by Crippen LogP contribution is 2.45. The van der Waals surface area contributed by atoms with Gasteiger partial charge in [0.2, 0.25) is 0 Å². The first-order valence-electron chi connectivity index (χ1n) is 39.8. The Balaban J connectivity index is 5.39. The predicted molar refractivity (Wildman–Crippen MR) is 409 cm³/mol. The van der Waals surface area contributed by atoms with Crippen molar-refractivity contribution in [3.05, 3.63) is 85.1 Å². The van der Waals surface area contributed by atoms with Crippen LogP contribution in [0.3, 0.4) is 0 Å². The minimum Gasteiger partial charge on any atom is -0.462 e. The molecule has 0 heterocycles. The number of unbranched alkanes of at least 4 members (excludes halogenated alkanes) is 35. The average molecular weight is 1450 g/mol. The fourth-order valence-electron chi connectivity index (χ4n) is 10.8. The van der Waals surface area contributed by atoms with Crippen LogP contribution in [-0.4, -0.2) is 96.7 Å². The van der Waals surface area contributed by atoms with E-state index in [0.29, 0.717) is 32.1 Å². The van der Waals surface area contributed by atoms with E-state index in [2.05, 4.69) is 94.5 Å². The van der Waals surface area contributed by atoms with Gasteiger partial charge in [-0.1, -0.05) is 318 Å². The first kappa shape index (κ1) is 96.2. The lowest BCUT2D eigenvalue weighted by Crippen LogP contribution is -2.30. The largest absolute Gasteiger partial charge is 0.472 e. The van der Waals surface area contributed by atoms with Crippen molar-refractivity contribution in [2.24, 2.45) is 0 Å². The molecule has 0 bridgehead atoms. The van der Waals surface area contributed by atoms with Crippen LogP contribution in [0, 0.1) is 0 Å². The highest BCUT2D eigenvalue weighted by Gasteiger charge is 2.30. The average Bonchev–Trinajstić information content (AvgIpc) is 0.929. The van der Waals surface area contributed by atoms with E-state index in [4.69, 9.17) is 37.0 Å². The van der Waals surface area contributed by atoms with Crippen LogP contribution >= 0.6 is 15.6 Å². The third kappa shape index (κ3) is 72.6. The van der Waals surface area contributed by atoms with Crippen molar-refractivity contribution in [1.82, 2.24) is 0 Å². The van der Waals surface area contributed by atoms with E-state index in [1.54, 1.807) is 0 Å². The Morgan fingerprint density at radius 1 is 0.290 bits per heavy atom. The summed E-state index contributed by atoms with van der Waals surface area (Å²) in [5.74, 6) is -2.25. The van der Waals surface area contributed by atoms with Crippen molar-refractivity contribution in [2.45, 2.75) is 367 Å². The molecule has 580 valence electrons. The molecule has 19 heteroatoms. The van der Waals surface area contributed by atoms with E-state index in [9.17, 15) is 43.2 Å². The van der Waals surface area contributed by atoms with Gasteiger partial charge in [0.1, 0.15) is 19.3 Å². The molecule has 0 aliphatic rings. The molecule has 0 saturated carbocycles. The Hall–Kier alpha value is -3.76. The molecule has 0 spiro atoms. The quantitative estimate of drug-likeness (QED) is 0.0169. The molecule has 0 aliphatic carbocycles. The summed E-state index contributed by atoms with van der Waals surface area (Å²) in [5.41, 5.74) is 0. The van der Waals surface area contributed by atoms with Crippen LogP contribution in [0.25, 0.3) is 0 Å². The molecule has 17 nitrogen and oxygen atoms in total. The molecule has 100 heavy (non-hydrogen) atoms. The first-order chi connectivity index (χ1) is 48.7. The zero-order valence-electron chi connectivity index (χ0n) is 63.4. The van der Waals surface area contributed by atoms with Gasteiger partial charge in [-0.25, -0.2) is 9.13 Å². The monoisotopic (exact) mass is 1450 g/mol. The molecule has 0 rings (SSSR count). The molecular formula is C81H144O17P2. The molecule has 0 aromatic heterocycles. The lowest BCUT2D eigenvalue weighted by Gasteiger charge is -2.21. The molecule has 0 fully saturated rings. The molecular weight excluding hydrogens is 1310 g/mol. The van der Waals surface area contributed by atoms with E-state index < -0.39 is 97.5 Å². The minimum atomic E-state index is -4.99. The van der Waals surface area contributed by atoms with Crippen molar-refractivity contribution in [1.29, 1.82) is 0 Å². The lowest BCUT2D eigenvalue weighted by atomic mass is 10.0. The van der Waals surface area contributed by atoms with Crippen molar-refractivity contribution < 1.29 is 80.2 Å². The number of aliphatic hydroxyl groups excluding tert-OH is 1. The summed E-state index contributed by atoms with van der Waals surface area (Å²) in [6.45, 7) is 4.71. The van der Waals surface area contributed by atoms with E-state index in [1.807, 2.05) is 18.2 Å². The number of carbonyl (C=O) groups excluding carboxylic acids is 4. The zero-order valence-corrected chi connectivity index (χ0v) is 65.2. The highest BCUT2D eigenvalue weighted by molar-refractivity contribution is 7.47. The molecule has 0 aromatic carbocycles. The molecule has 0 aliphatic heterocycles. The van der Waals surface area contributed by atoms with Gasteiger partial charge in [0.15, 0.2) is 12.2 Å². The van der Waals surface area contributed by atoms with Gasteiger partial charge in [0.25, 0.3) is 0 Å². The smallest absolute Gasteiger partial charge is 0.462 e. The van der Waals surface area contributed by atoms with Gasteiger partial charge in [-0.2, -0.15) is 0 Å². The summed E-state index contributed by atoms with van der Waals surface area (Å²) >= 11 is 0. The first-order valence-corrected chi connectivity index (χ1v) is 42.8. The van der Waals surface area contributed by atoms with Gasteiger partial charge in [-0.3, -0.25) is 37.3 Å². The maximum absolute atomic E-state index is 13.1. The summed E-state index contributed by atoms with van der Waals surface area (Å²) in [4.78, 5) is 72.9. The van der Waals surface area contributed by atoms with Gasteiger partial charge in [0.05, 0.1) is 26.4 Å². The molecule has 2 unspecified atom stereocenters. The SMILES string of the molecule is CC/C=C\C/C=C\C/C=C\C/C=C\C/C=C\C/C=C\CCC(=O)O[C@H](COC(=O)CCCCCCCCCCCCCCC)COP(=O)(O)OC[C@H](O)COP(=O)(O)OC[C@@H](COC(=O)CCCCCCC/C=C\CCCCCCCC)OC(=O)CCCCCCCCCCCCCCC. The summed E-state index contributed by atoms with van der Waals surface area (Å²) in [5, 5.41) is 10.6. The van der Waals surface area contributed by atoms with Crippen molar-refractivity contribution >= 4 is 39.5 Å². The number of esters is 4. The number of phosphoric acid groups is 2. The number of ether oxygens (including phenoxy) is 4. The summed E-state index contributed by atoms with van der Waals surface area (Å²) in [7, 11) is -9.97. The molecule has 0 amide bonds. The number of hydrogen-bond acceptors (Lipinski definition) is 15. The van der Waals surface area contributed by atoms with Gasteiger partial charge in [0, 0.05) is 25.7 Å². The standard InChI is InChI=1S/C81H144O17P2/c1-5-9-13-17-21-25-29-33-35-36-37-38-40-44-48-52-56-60-64-68-81(86)98-77(71-91-78(83)65-61-57-53-49-45-41-31-27-23-19-15-11-7-3)74-96-100(89,90)94-70-75(82)69-93-99(87,88)95-73-76(97-80(85)67-63-59-55-51-47-42-32-28-24-20-16-12-8-4)72-92-79(84)66-62-58-54-50-46-43-39-34-30-26-22-18-14-10-6-2/h9,13,21,25,33-35,37-39,44,48,56,60,75-77,82H,5-8,10-12,14-20,22-24,26-32,36,40-43,45-47,49-55,57-59,61-74H2,1-4H3,(H,87,88)(H,89,90)/b13-9-,25-21-,35-33-,38-37-,39-34-,48-44-,60-56-/t75-,76-,77-/m1/s1. The van der Waals surface area contributed by atoms with Crippen LogP contribution in [0.5, 0.6) is 0 Å². The normalized spacial score (nSPS) is 14.3. The van der Waals surface area contributed by atoms with E-state index in [-0.39, 0.29) is 25.7 Å². The maximum atomic E-state index is 13.1. The van der Waals surface area contributed by atoms with Crippen LogP contribution in [0.1, 0.15) is 349 Å². The van der Waals surface area contributed by atoms with E-state index >= 15 is 0 Å². The number of rotatable bonds is 75. The Labute approximate surface area is 608 Å². The molecule has 0 saturated heterocycles. The summed E-state index contributed by atoms with van der Waals surface area (Å²) in [6, 6.07) is 0. The van der Waals surface area contributed by atoms with E-state index in [0.717, 1.165) is 116 Å². The minimum absolute atomic E-state index is 0.0272. The number of carbonyl (C=O) groups is 4. The topological polar surface area (TPSA) is 237 Å². The number of phosphoric ester groups is 2. The predicted octanol–water partition coefficient (Wildman–Crippen LogP) is 23.0. The van der Waals surface area contributed by atoms with Gasteiger partial charge < -0.3 is 33.8 Å². The van der Waals surface area contributed by atoms with Crippen molar-refractivity contribution in [3.63, 3.8) is 0 Å². The summed E-state index contributed by atoms with van der Waals surface area (Å²) < 4.78 is 68.5. The van der Waals surface area contributed by atoms with Crippen LogP contribution in [-0.2, 0) is 65.4 Å². The van der Waals surface area contributed by atoms with Gasteiger partial charge >= 0.3 is 39.5 Å². The zero-order chi connectivity index (χ0) is 73.2. The van der Waals surface area contributed by atoms with Gasteiger partial charge in [-0.05, 0) is 89.9 Å². The Morgan fingerprint density at radius 3 is 0.860 bits per heavy atom. The van der Waals surface area contributed by atoms with Crippen LogP contribution < -0.4 is 0 Å². The number of hydrogen-bond donors (Lipinski definition) is 3. The highest BCUT2D eigenvalue weighted by atomic mass is 31.2. The van der Waals surface area contributed by atoms with E-state index in [1.165, 1.54) is 148 Å². The Kier molecular flexibility index (Phi) is 70.8. The third-order valence-electron chi connectivity index (χ3n) is 16.9. The fraction of sp³-hybridized carbons (Fsp3) is 0.778. The molecule has 3 N–H and O–H groups in total. The van der Waals surface area contributed by atoms with Crippen LogP contribution in [0.15, 0.2) is 85.1 Å². The van der Waals surface area contributed by atoms with Crippen LogP contribution in [0.2, 0.25) is 0 Å². The third-order valence-corrected chi connectivity index (χ3v) is 18.8. The second-order valence-corrected chi connectivity index (χ2v) is 29.5. The molecule has 5 atom stereocenters. The Bertz CT molecular complexity index is 2230. The maximum Gasteiger partial charge on any atom is 0.472 e. The fourth-order valence-corrected chi connectivity index (χ4v) is 12.4. The van der Waals surface area contributed by atoms with Crippen molar-refractivity contribution in [3.8, 4) is 0 Å². The second-order valence-electron chi connectivity index (χ2n) is 26.6. The molecule has 0 aromatic rings. The van der Waals surface area contributed by atoms with Crippen molar-refractivity contribution in [2.75, 3.05) is 39.6 Å². The number of aliphatic hydroxyl groups is 1. The summed E-state index contributed by atoms with van der Waals surface area (Å²) in [6.07, 6.45) is 75.8.